The Bertz CT molecular complexity index is 421. The molecule has 0 radical (unpaired) electrons. The Morgan fingerprint density at radius 3 is 2.61 bits per heavy atom. The van der Waals surface area contributed by atoms with Gasteiger partial charge in [-0.3, -0.25) is 4.79 Å². The fraction of sp³-hybridized carbons (Fsp3) is 0.385. The Morgan fingerprint density at radius 2 is 1.94 bits per heavy atom. The van der Waals surface area contributed by atoms with Gasteiger partial charge in [-0.05, 0) is 31.0 Å². The summed E-state index contributed by atoms with van der Waals surface area (Å²) in [5.74, 6) is 0.0736. The summed E-state index contributed by atoms with van der Waals surface area (Å²) in [7, 11) is 0. The third-order valence-corrected chi connectivity index (χ3v) is 2.84. The highest BCUT2D eigenvalue weighted by Gasteiger charge is 2.00. The summed E-state index contributed by atoms with van der Waals surface area (Å²) in [5.41, 5.74) is 1.16. The van der Waals surface area contributed by atoms with E-state index in [-0.39, 0.29) is 11.8 Å². The van der Waals surface area contributed by atoms with Crippen LogP contribution < -0.4 is 10.6 Å². The molecule has 1 aromatic rings. The highest BCUT2D eigenvalue weighted by Crippen LogP contribution is 2.11. The Morgan fingerprint density at radius 1 is 1.22 bits per heavy atom. The van der Waals surface area contributed by atoms with Crippen molar-refractivity contribution in [1.29, 1.82) is 0 Å². The predicted molar refractivity (Wildman–Crippen MR) is 74.5 cm³/mol. The van der Waals surface area contributed by atoms with Crippen LogP contribution in [0.1, 0.15) is 18.9 Å². The van der Waals surface area contributed by atoms with E-state index in [1.165, 1.54) is 6.92 Å². The average Bonchev–Trinajstić information content (AvgIpc) is 2.28. The minimum absolute atomic E-state index is 0.0736. The maximum absolute atomic E-state index is 11.3. The summed E-state index contributed by atoms with van der Waals surface area (Å²) in [6.07, 6.45) is 1.15. The topological polar surface area (TPSA) is 58.2 Å². The van der Waals surface area contributed by atoms with E-state index in [1.807, 2.05) is 24.3 Å². The number of ketones is 1. The van der Waals surface area contributed by atoms with Crippen molar-refractivity contribution >= 4 is 27.7 Å². The first-order valence-corrected chi connectivity index (χ1v) is 6.63. The molecule has 18 heavy (non-hydrogen) atoms. The molecule has 2 amide bonds. The Kier molecular flexibility index (Phi) is 6.43. The Hall–Kier alpha value is -1.36. The van der Waals surface area contributed by atoms with E-state index >= 15 is 0 Å². The van der Waals surface area contributed by atoms with E-state index < -0.39 is 0 Å². The van der Waals surface area contributed by atoms with Crippen LogP contribution in [0.3, 0.4) is 0 Å². The van der Waals surface area contributed by atoms with Gasteiger partial charge in [-0.2, -0.15) is 0 Å². The molecule has 1 rings (SSSR count). The van der Waals surface area contributed by atoms with Gasteiger partial charge in [-0.1, -0.05) is 28.1 Å². The van der Waals surface area contributed by atoms with Crippen LogP contribution in [0.4, 0.5) is 4.79 Å². The molecule has 2 N–H and O–H groups in total. The second kappa shape index (κ2) is 7.87. The Balaban J connectivity index is 2.17. The van der Waals surface area contributed by atoms with Crippen LogP contribution in [0.15, 0.2) is 28.7 Å². The molecule has 0 saturated heterocycles. The van der Waals surface area contributed by atoms with Crippen LogP contribution in [0.5, 0.6) is 0 Å². The number of halogens is 1. The van der Waals surface area contributed by atoms with E-state index in [1.54, 1.807) is 0 Å². The molecule has 4 nitrogen and oxygen atoms in total. The number of urea groups is 1. The van der Waals surface area contributed by atoms with Gasteiger partial charge in [0.2, 0.25) is 0 Å². The number of hydrogen-bond donors (Lipinski definition) is 2. The van der Waals surface area contributed by atoms with Crippen molar-refractivity contribution in [1.82, 2.24) is 10.6 Å². The molecular formula is C13H17BrN2O2. The van der Waals surface area contributed by atoms with Gasteiger partial charge in [-0.15, -0.1) is 0 Å². The number of rotatable bonds is 6. The molecule has 0 bridgehead atoms. The first-order chi connectivity index (χ1) is 8.58. The molecule has 0 saturated carbocycles. The summed E-state index contributed by atoms with van der Waals surface area (Å²) in [5, 5.41) is 5.38. The van der Waals surface area contributed by atoms with Gasteiger partial charge < -0.3 is 10.6 Å². The molecule has 0 unspecified atom stereocenters. The zero-order chi connectivity index (χ0) is 13.4. The van der Waals surface area contributed by atoms with E-state index in [9.17, 15) is 9.59 Å². The molecule has 0 aliphatic carbocycles. The minimum atomic E-state index is -0.230. The molecule has 0 spiro atoms. The van der Waals surface area contributed by atoms with Gasteiger partial charge in [0.25, 0.3) is 0 Å². The van der Waals surface area contributed by atoms with Crippen molar-refractivity contribution in [3.8, 4) is 0 Å². The van der Waals surface area contributed by atoms with Crippen LogP contribution in [0, 0.1) is 0 Å². The maximum atomic E-state index is 11.3. The molecule has 0 fully saturated rings. The fourth-order valence-corrected chi connectivity index (χ4v) is 1.87. The molecule has 0 aromatic heterocycles. The zero-order valence-electron chi connectivity index (χ0n) is 10.3. The lowest BCUT2D eigenvalue weighted by Crippen LogP contribution is -2.37. The van der Waals surface area contributed by atoms with Crippen LogP contribution in [0.2, 0.25) is 0 Å². The first-order valence-electron chi connectivity index (χ1n) is 5.83. The summed E-state index contributed by atoms with van der Waals surface area (Å²) in [6, 6.07) is 7.74. The molecule has 0 aliphatic heterocycles. The molecule has 0 heterocycles. The normalized spacial score (nSPS) is 9.89. The predicted octanol–water partition coefficient (Wildman–Crippen LogP) is 2.27. The van der Waals surface area contributed by atoms with Gasteiger partial charge in [0.05, 0.1) is 0 Å². The highest BCUT2D eigenvalue weighted by molar-refractivity contribution is 9.10. The molecule has 5 heteroatoms. The van der Waals surface area contributed by atoms with Crippen LogP contribution in [-0.2, 0) is 11.2 Å². The molecule has 98 valence electrons. The van der Waals surface area contributed by atoms with Crippen molar-refractivity contribution in [2.24, 2.45) is 0 Å². The van der Waals surface area contributed by atoms with Crippen molar-refractivity contribution < 1.29 is 9.59 Å². The van der Waals surface area contributed by atoms with Crippen molar-refractivity contribution in [3.05, 3.63) is 34.3 Å². The number of nitrogens with one attached hydrogen (secondary N) is 2. The lowest BCUT2D eigenvalue weighted by molar-refractivity contribution is -0.116. The SMILES string of the molecule is CC(=O)CCNC(=O)NCCc1cccc(Br)c1. The second-order valence-electron chi connectivity index (χ2n) is 4.01. The smallest absolute Gasteiger partial charge is 0.314 e. The van der Waals surface area contributed by atoms with E-state index in [2.05, 4.69) is 26.6 Å². The fourth-order valence-electron chi connectivity index (χ4n) is 1.43. The molecule has 0 atom stereocenters. The summed E-state index contributed by atoms with van der Waals surface area (Å²) in [6.45, 7) is 2.47. The lowest BCUT2D eigenvalue weighted by Gasteiger charge is -2.07. The zero-order valence-corrected chi connectivity index (χ0v) is 11.9. The molecule has 0 aliphatic rings. The molecule has 1 aromatic carbocycles. The van der Waals surface area contributed by atoms with E-state index in [0.29, 0.717) is 19.5 Å². The van der Waals surface area contributed by atoms with Gasteiger partial charge in [-0.25, -0.2) is 4.79 Å². The van der Waals surface area contributed by atoms with Gasteiger partial charge in [0, 0.05) is 24.0 Å². The molecular weight excluding hydrogens is 296 g/mol. The van der Waals surface area contributed by atoms with Gasteiger partial charge >= 0.3 is 6.03 Å². The Labute approximate surface area is 115 Å². The lowest BCUT2D eigenvalue weighted by atomic mass is 10.1. The summed E-state index contributed by atoms with van der Waals surface area (Å²) < 4.78 is 1.03. The standard InChI is InChI=1S/C13H17BrN2O2/c1-10(17)5-7-15-13(18)16-8-6-11-3-2-4-12(14)9-11/h2-4,9H,5-8H2,1H3,(H2,15,16,18). The summed E-state index contributed by atoms with van der Waals surface area (Å²) in [4.78, 5) is 22.0. The van der Waals surface area contributed by atoms with Gasteiger partial charge in [0.15, 0.2) is 0 Å². The van der Waals surface area contributed by atoms with E-state index in [0.717, 1.165) is 16.5 Å². The van der Waals surface area contributed by atoms with E-state index in [4.69, 9.17) is 0 Å². The average molecular weight is 313 g/mol. The van der Waals surface area contributed by atoms with Crippen LogP contribution in [0.25, 0.3) is 0 Å². The van der Waals surface area contributed by atoms with Gasteiger partial charge in [0.1, 0.15) is 5.78 Å². The third kappa shape index (κ3) is 6.39. The highest BCUT2D eigenvalue weighted by atomic mass is 79.9. The summed E-state index contributed by atoms with van der Waals surface area (Å²) >= 11 is 3.40. The number of carbonyl (C=O) groups is 2. The number of benzene rings is 1. The monoisotopic (exact) mass is 312 g/mol. The number of Topliss-reactive ketones (excluding diaryl/α,β-unsaturated/α-hetero) is 1. The number of carbonyl (C=O) groups excluding carboxylic acids is 2. The van der Waals surface area contributed by atoms with Crippen molar-refractivity contribution in [2.45, 2.75) is 19.8 Å². The maximum Gasteiger partial charge on any atom is 0.314 e. The van der Waals surface area contributed by atoms with Crippen molar-refractivity contribution in [2.75, 3.05) is 13.1 Å². The third-order valence-electron chi connectivity index (χ3n) is 2.35. The largest absolute Gasteiger partial charge is 0.338 e. The minimum Gasteiger partial charge on any atom is -0.338 e. The number of amides is 2. The number of hydrogen-bond acceptors (Lipinski definition) is 2. The van der Waals surface area contributed by atoms with Crippen LogP contribution >= 0.6 is 15.9 Å². The van der Waals surface area contributed by atoms with Crippen LogP contribution in [-0.4, -0.2) is 24.9 Å². The first kappa shape index (κ1) is 14.7. The van der Waals surface area contributed by atoms with Crippen molar-refractivity contribution in [3.63, 3.8) is 0 Å². The second-order valence-corrected chi connectivity index (χ2v) is 4.93. The quantitative estimate of drug-likeness (QED) is 0.846.